The molecule has 0 unspecified atom stereocenters. The lowest BCUT2D eigenvalue weighted by Crippen LogP contribution is -2.07. The lowest BCUT2D eigenvalue weighted by Gasteiger charge is -2.13. The number of benzene rings is 1. The maximum absolute atomic E-state index is 12.5. The van der Waals surface area contributed by atoms with Crippen LogP contribution < -0.4 is 15.8 Å². The van der Waals surface area contributed by atoms with Gasteiger partial charge in [-0.15, -0.1) is 0 Å². The molecule has 2 N–H and O–H groups in total. The van der Waals surface area contributed by atoms with Crippen LogP contribution in [-0.4, -0.2) is 19.4 Å². The third-order valence-corrected chi connectivity index (χ3v) is 6.27. The predicted octanol–water partition coefficient (Wildman–Crippen LogP) is 2.06. The second-order valence-electron chi connectivity index (χ2n) is 3.97. The van der Waals surface area contributed by atoms with Crippen LogP contribution in [0, 0.1) is 0 Å². The Balaban J connectivity index is 2.41. The number of nitrogens with two attached hydrogens (primary N) is 1. The summed E-state index contributed by atoms with van der Waals surface area (Å²) in [5.41, 5.74) is 6.33. The molecule has 1 aromatic rings. The lowest BCUT2D eigenvalue weighted by molar-refractivity contribution is 0.417. The number of rotatable bonds is 2. The molecule has 4 heteroatoms. The van der Waals surface area contributed by atoms with E-state index in [0.717, 1.165) is 30.5 Å². The Hall–Kier alpha value is -0.950. The topological polar surface area (TPSA) is 52.3 Å². The second kappa shape index (κ2) is 3.90. The van der Waals surface area contributed by atoms with Gasteiger partial charge in [0, 0.05) is 17.6 Å². The molecule has 0 radical (unpaired) electrons. The van der Waals surface area contributed by atoms with Gasteiger partial charge in [0.05, 0.1) is 12.8 Å². The van der Waals surface area contributed by atoms with Crippen LogP contribution in [0.1, 0.15) is 12.8 Å². The van der Waals surface area contributed by atoms with Gasteiger partial charge in [-0.3, -0.25) is 0 Å². The number of methoxy groups -OCH3 is 1. The summed E-state index contributed by atoms with van der Waals surface area (Å²) in [4.78, 5) is 0. The summed E-state index contributed by atoms with van der Waals surface area (Å²) in [6, 6.07) is 5.50. The minimum Gasteiger partial charge on any atom is -0.495 e. The Kier molecular flexibility index (Phi) is 2.74. The van der Waals surface area contributed by atoms with Crippen LogP contribution in [0.25, 0.3) is 0 Å². The van der Waals surface area contributed by atoms with Gasteiger partial charge >= 0.3 is 0 Å². The molecule has 0 spiro atoms. The van der Waals surface area contributed by atoms with E-state index >= 15 is 0 Å². The van der Waals surface area contributed by atoms with Gasteiger partial charge in [0.25, 0.3) is 0 Å². The van der Waals surface area contributed by atoms with Crippen LogP contribution in [0.5, 0.6) is 5.75 Å². The number of ether oxygens (including phenoxy) is 1. The Labute approximate surface area is 90.0 Å². The maximum Gasteiger partial charge on any atom is 0.142 e. The van der Waals surface area contributed by atoms with Gasteiger partial charge in [-0.05, 0) is 31.0 Å². The number of hydrogen-bond donors (Lipinski definition) is 1. The van der Waals surface area contributed by atoms with E-state index in [4.69, 9.17) is 10.5 Å². The van der Waals surface area contributed by atoms with Crippen LogP contribution >= 0.6 is 7.14 Å². The maximum atomic E-state index is 12.5. The molecule has 0 amide bonds. The third kappa shape index (κ3) is 1.89. The number of hydrogen-bond acceptors (Lipinski definition) is 3. The monoisotopic (exact) mass is 225 g/mol. The zero-order valence-electron chi connectivity index (χ0n) is 8.90. The Morgan fingerprint density at radius 1 is 1.33 bits per heavy atom. The predicted molar refractivity (Wildman–Crippen MR) is 63.6 cm³/mol. The smallest absolute Gasteiger partial charge is 0.142 e. The highest BCUT2D eigenvalue weighted by Crippen LogP contribution is 2.51. The molecule has 1 aliphatic heterocycles. The highest BCUT2D eigenvalue weighted by atomic mass is 31.2. The first kappa shape index (κ1) is 10.6. The van der Waals surface area contributed by atoms with Crippen molar-refractivity contribution in [2.24, 2.45) is 0 Å². The molecule has 0 bridgehead atoms. The van der Waals surface area contributed by atoms with E-state index in [0.29, 0.717) is 11.4 Å². The molecule has 1 saturated heterocycles. The van der Waals surface area contributed by atoms with Crippen LogP contribution in [0.3, 0.4) is 0 Å². The van der Waals surface area contributed by atoms with E-state index in [1.807, 2.05) is 12.1 Å². The highest BCUT2D eigenvalue weighted by molar-refractivity contribution is 7.71. The third-order valence-electron chi connectivity index (χ3n) is 2.98. The van der Waals surface area contributed by atoms with Gasteiger partial charge in [0.15, 0.2) is 0 Å². The van der Waals surface area contributed by atoms with Crippen molar-refractivity contribution in [1.82, 2.24) is 0 Å². The fourth-order valence-electron chi connectivity index (χ4n) is 2.06. The summed E-state index contributed by atoms with van der Waals surface area (Å²) in [6.45, 7) is 0. The van der Waals surface area contributed by atoms with Crippen LogP contribution in [0.4, 0.5) is 5.69 Å². The molecule has 2 rings (SSSR count). The summed E-state index contributed by atoms with van der Waals surface area (Å²) in [6.07, 6.45) is 3.81. The summed E-state index contributed by atoms with van der Waals surface area (Å²) in [5, 5.41) is 0.922. The largest absolute Gasteiger partial charge is 0.495 e. The summed E-state index contributed by atoms with van der Waals surface area (Å²) in [5.74, 6) is 0.634. The minimum atomic E-state index is -2.12. The van der Waals surface area contributed by atoms with Gasteiger partial charge < -0.3 is 15.0 Å². The first-order valence-electron chi connectivity index (χ1n) is 5.18. The van der Waals surface area contributed by atoms with Gasteiger partial charge in [0.2, 0.25) is 0 Å². The molecular weight excluding hydrogens is 209 g/mol. The fraction of sp³-hybridized carbons (Fsp3) is 0.455. The molecule has 82 valence electrons. The first-order chi connectivity index (χ1) is 7.15. The van der Waals surface area contributed by atoms with Crippen LogP contribution in [-0.2, 0) is 4.57 Å². The first-order valence-corrected chi connectivity index (χ1v) is 7.25. The van der Waals surface area contributed by atoms with Gasteiger partial charge in [-0.2, -0.15) is 0 Å². The molecule has 0 atom stereocenters. The Morgan fingerprint density at radius 2 is 2.00 bits per heavy atom. The Bertz CT molecular complexity index is 407. The van der Waals surface area contributed by atoms with Crippen LogP contribution in [0.2, 0.25) is 0 Å². The van der Waals surface area contributed by atoms with Crippen molar-refractivity contribution in [1.29, 1.82) is 0 Å². The molecule has 1 heterocycles. The van der Waals surface area contributed by atoms with E-state index in [-0.39, 0.29) is 0 Å². The minimum absolute atomic E-state index is 0.604. The highest BCUT2D eigenvalue weighted by Gasteiger charge is 2.29. The van der Waals surface area contributed by atoms with Crippen molar-refractivity contribution < 1.29 is 9.30 Å². The quantitative estimate of drug-likeness (QED) is 0.619. The lowest BCUT2D eigenvalue weighted by atomic mass is 10.3. The zero-order chi connectivity index (χ0) is 10.9. The molecule has 0 saturated carbocycles. The fourth-order valence-corrected chi connectivity index (χ4v) is 4.97. The summed E-state index contributed by atoms with van der Waals surface area (Å²) >= 11 is 0. The van der Waals surface area contributed by atoms with E-state index in [1.165, 1.54) is 0 Å². The molecular formula is C11H16NO2P. The second-order valence-corrected chi connectivity index (χ2v) is 7.16. The van der Waals surface area contributed by atoms with E-state index < -0.39 is 7.14 Å². The van der Waals surface area contributed by atoms with Crippen LogP contribution in [0.15, 0.2) is 18.2 Å². The normalized spacial score (nSPS) is 19.0. The average Bonchev–Trinajstić information content (AvgIpc) is 2.67. The molecule has 0 aromatic heterocycles. The summed E-state index contributed by atoms with van der Waals surface area (Å²) in [7, 11) is -0.535. The van der Waals surface area contributed by atoms with Gasteiger partial charge in [-0.1, -0.05) is 0 Å². The molecule has 15 heavy (non-hydrogen) atoms. The molecule has 3 nitrogen and oxygen atoms in total. The SMILES string of the molecule is COc1cc(P2(=O)CCCC2)ccc1N. The summed E-state index contributed by atoms with van der Waals surface area (Å²) < 4.78 is 17.6. The molecule has 1 aromatic carbocycles. The molecule has 1 fully saturated rings. The average molecular weight is 225 g/mol. The molecule has 0 aliphatic carbocycles. The van der Waals surface area contributed by atoms with Crippen molar-refractivity contribution in [2.75, 3.05) is 25.2 Å². The van der Waals surface area contributed by atoms with Crippen molar-refractivity contribution in [3.05, 3.63) is 18.2 Å². The van der Waals surface area contributed by atoms with Gasteiger partial charge in [0.1, 0.15) is 12.9 Å². The van der Waals surface area contributed by atoms with E-state index in [1.54, 1.807) is 13.2 Å². The Morgan fingerprint density at radius 3 is 2.60 bits per heavy atom. The van der Waals surface area contributed by atoms with E-state index in [9.17, 15) is 4.57 Å². The number of anilines is 1. The standard InChI is InChI=1S/C11H16NO2P/c1-14-11-8-9(4-5-10(11)12)15(13)6-2-3-7-15/h4-5,8H,2-3,6-7,12H2,1H3. The molecule has 1 aliphatic rings. The zero-order valence-corrected chi connectivity index (χ0v) is 9.80. The van der Waals surface area contributed by atoms with Crippen molar-refractivity contribution in [3.63, 3.8) is 0 Å². The number of nitrogen functional groups attached to an aromatic ring is 1. The van der Waals surface area contributed by atoms with Crippen molar-refractivity contribution >= 4 is 18.1 Å². The van der Waals surface area contributed by atoms with Crippen molar-refractivity contribution in [2.45, 2.75) is 12.8 Å². The van der Waals surface area contributed by atoms with Gasteiger partial charge in [-0.25, -0.2) is 0 Å². The van der Waals surface area contributed by atoms with E-state index in [2.05, 4.69) is 0 Å². The van der Waals surface area contributed by atoms with Crippen molar-refractivity contribution in [3.8, 4) is 5.75 Å².